The molecule has 0 unspecified atom stereocenters. The summed E-state index contributed by atoms with van der Waals surface area (Å²) in [7, 11) is 2.00. The zero-order valence-electron chi connectivity index (χ0n) is 10.2. The lowest BCUT2D eigenvalue weighted by Gasteiger charge is -2.01. The van der Waals surface area contributed by atoms with Crippen LogP contribution in [0.3, 0.4) is 0 Å². The second-order valence-electron chi connectivity index (χ2n) is 4.20. The number of carbonyl (C=O) groups is 1. The molecule has 1 aromatic carbocycles. The number of aromatic nitrogens is 1. The number of carboxylic acid groups (broad SMARTS) is 1. The van der Waals surface area contributed by atoms with Crippen molar-refractivity contribution in [3.05, 3.63) is 41.1 Å². The fraction of sp³-hybridized carbons (Fsp3) is 0.214. The molecule has 0 amide bonds. The normalized spacial score (nSPS) is 11.5. The molecule has 17 heavy (non-hydrogen) atoms. The molecule has 2 rings (SSSR count). The number of fused-ring (bicyclic) bond motifs is 1. The zero-order valence-corrected chi connectivity index (χ0v) is 10.2. The molecule has 0 aliphatic rings. The van der Waals surface area contributed by atoms with Crippen LogP contribution in [0.2, 0.25) is 0 Å². The topological polar surface area (TPSA) is 42.2 Å². The molecule has 88 valence electrons. The first-order valence-electron chi connectivity index (χ1n) is 5.48. The molecule has 0 spiro atoms. The number of aliphatic carboxylic acids is 1. The van der Waals surface area contributed by atoms with E-state index in [0.29, 0.717) is 0 Å². The van der Waals surface area contributed by atoms with E-state index in [9.17, 15) is 4.79 Å². The van der Waals surface area contributed by atoms with Gasteiger partial charge in [0.25, 0.3) is 0 Å². The third-order valence-electron chi connectivity index (χ3n) is 3.15. The predicted molar refractivity (Wildman–Crippen MR) is 69.1 cm³/mol. The van der Waals surface area contributed by atoms with Crippen LogP contribution in [0.5, 0.6) is 0 Å². The molecule has 0 aliphatic heterocycles. The number of hydrogen-bond donors (Lipinski definition) is 1. The van der Waals surface area contributed by atoms with E-state index in [2.05, 4.69) is 17.6 Å². The minimum absolute atomic E-state index is 0.922. The summed E-state index contributed by atoms with van der Waals surface area (Å²) >= 11 is 0. The molecular formula is C14H15NO2. The predicted octanol–water partition coefficient (Wildman–Crippen LogP) is 2.89. The van der Waals surface area contributed by atoms with Gasteiger partial charge in [-0.3, -0.25) is 0 Å². The van der Waals surface area contributed by atoms with Gasteiger partial charge in [-0.2, -0.15) is 0 Å². The van der Waals surface area contributed by atoms with Crippen LogP contribution >= 0.6 is 0 Å². The van der Waals surface area contributed by atoms with Crippen molar-refractivity contribution in [2.24, 2.45) is 7.05 Å². The highest BCUT2D eigenvalue weighted by Gasteiger charge is 2.10. The van der Waals surface area contributed by atoms with Crippen LogP contribution in [-0.2, 0) is 11.8 Å². The smallest absolute Gasteiger partial charge is 0.328 e. The highest BCUT2D eigenvalue weighted by atomic mass is 16.4. The van der Waals surface area contributed by atoms with Crippen LogP contribution in [0.1, 0.15) is 16.8 Å². The van der Waals surface area contributed by atoms with Crippen molar-refractivity contribution >= 4 is 22.9 Å². The Morgan fingerprint density at radius 2 is 2.06 bits per heavy atom. The van der Waals surface area contributed by atoms with Gasteiger partial charge >= 0.3 is 5.97 Å². The fourth-order valence-electron chi connectivity index (χ4n) is 2.23. The maximum Gasteiger partial charge on any atom is 0.328 e. The summed E-state index contributed by atoms with van der Waals surface area (Å²) in [6.07, 6.45) is 2.85. The zero-order chi connectivity index (χ0) is 12.6. The average molecular weight is 229 g/mol. The van der Waals surface area contributed by atoms with Crippen LogP contribution in [0.4, 0.5) is 0 Å². The Bertz CT molecular complexity index is 621. The van der Waals surface area contributed by atoms with Crippen LogP contribution in [0.25, 0.3) is 17.0 Å². The quantitative estimate of drug-likeness (QED) is 0.804. The molecule has 1 heterocycles. The maximum atomic E-state index is 10.6. The van der Waals surface area contributed by atoms with Crippen molar-refractivity contribution < 1.29 is 9.90 Å². The number of nitrogens with zero attached hydrogens (tertiary/aromatic N) is 1. The van der Waals surface area contributed by atoms with Gasteiger partial charge in [0.15, 0.2) is 0 Å². The van der Waals surface area contributed by atoms with Gasteiger partial charge in [-0.1, -0.05) is 18.2 Å². The standard InChI is InChI=1S/C14H15NO2/c1-9-5-4-6-12-11(7-8-13(16)17)10(2)15(3)14(9)12/h4-8H,1-3H3,(H,16,17)/b8-7+. The molecule has 0 fully saturated rings. The highest BCUT2D eigenvalue weighted by molar-refractivity contribution is 5.96. The number of benzene rings is 1. The molecular weight excluding hydrogens is 214 g/mol. The maximum absolute atomic E-state index is 10.6. The number of carboxylic acids is 1. The largest absolute Gasteiger partial charge is 0.478 e. The summed E-state index contributed by atoms with van der Waals surface area (Å²) in [6, 6.07) is 6.08. The van der Waals surface area contributed by atoms with Crippen molar-refractivity contribution in [3.63, 3.8) is 0 Å². The van der Waals surface area contributed by atoms with Crippen molar-refractivity contribution in [1.29, 1.82) is 0 Å². The number of hydrogen-bond acceptors (Lipinski definition) is 1. The summed E-state index contributed by atoms with van der Waals surface area (Å²) in [5.74, 6) is -0.922. The Hall–Kier alpha value is -2.03. The van der Waals surface area contributed by atoms with Crippen molar-refractivity contribution in [1.82, 2.24) is 4.57 Å². The third-order valence-corrected chi connectivity index (χ3v) is 3.15. The van der Waals surface area contributed by atoms with Gasteiger partial charge in [-0.25, -0.2) is 4.79 Å². The van der Waals surface area contributed by atoms with Gasteiger partial charge in [0, 0.05) is 29.8 Å². The van der Waals surface area contributed by atoms with Gasteiger partial charge in [0.05, 0.1) is 5.52 Å². The van der Waals surface area contributed by atoms with Gasteiger partial charge in [0.2, 0.25) is 0 Å². The number of aryl methyl sites for hydroxylation is 2. The molecule has 0 saturated heterocycles. The van der Waals surface area contributed by atoms with Crippen molar-refractivity contribution in [2.45, 2.75) is 13.8 Å². The van der Waals surface area contributed by atoms with E-state index in [-0.39, 0.29) is 0 Å². The molecule has 0 atom stereocenters. The monoisotopic (exact) mass is 229 g/mol. The van der Waals surface area contributed by atoms with Gasteiger partial charge in [0.1, 0.15) is 0 Å². The number of para-hydroxylation sites is 1. The summed E-state index contributed by atoms with van der Waals surface area (Å²) in [4.78, 5) is 10.6. The second-order valence-corrected chi connectivity index (χ2v) is 4.20. The lowest BCUT2D eigenvalue weighted by atomic mass is 10.1. The van der Waals surface area contributed by atoms with E-state index in [1.807, 2.05) is 26.1 Å². The lowest BCUT2D eigenvalue weighted by molar-refractivity contribution is -0.131. The second kappa shape index (κ2) is 4.09. The molecule has 0 saturated carbocycles. The number of rotatable bonds is 2. The van der Waals surface area contributed by atoms with E-state index in [1.165, 1.54) is 11.6 Å². The van der Waals surface area contributed by atoms with Gasteiger partial charge < -0.3 is 9.67 Å². The first-order chi connectivity index (χ1) is 8.02. The highest BCUT2D eigenvalue weighted by Crippen LogP contribution is 2.28. The molecule has 2 aromatic rings. The molecule has 1 N–H and O–H groups in total. The summed E-state index contributed by atoms with van der Waals surface area (Å²) in [5.41, 5.74) is 4.42. The van der Waals surface area contributed by atoms with Crippen LogP contribution in [0, 0.1) is 13.8 Å². The summed E-state index contributed by atoms with van der Waals surface area (Å²) in [6.45, 7) is 4.06. The molecule has 0 bridgehead atoms. The average Bonchev–Trinajstić information content (AvgIpc) is 2.51. The van der Waals surface area contributed by atoms with Gasteiger partial charge in [-0.15, -0.1) is 0 Å². The SMILES string of the molecule is Cc1cccc2c(/C=C/C(=O)O)c(C)n(C)c12. The summed E-state index contributed by atoms with van der Waals surface area (Å²) < 4.78 is 2.10. The van der Waals surface area contributed by atoms with Crippen LogP contribution in [0.15, 0.2) is 24.3 Å². The van der Waals surface area contributed by atoms with Crippen molar-refractivity contribution in [3.8, 4) is 0 Å². The molecule has 3 heteroatoms. The van der Waals surface area contributed by atoms with Crippen molar-refractivity contribution in [2.75, 3.05) is 0 Å². The Morgan fingerprint density at radius 1 is 1.35 bits per heavy atom. The molecule has 1 aromatic heterocycles. The molecule has 0 radical (unpaired) electrons. The van der Waals surface area contributed by atoms with E-state index in [1.54, 1.807) is 6.08 Å². The fourth-order valence-corrected chi connectivity index (χ4v) is 2.23. The first-order valence-corrected chi connectivity index (χ1v) is 5.48. The Morgan fingerprint density at radius 3 is 2.71 bits per heavy atom. The third kappa shape index (κ3) is 1.84. The van der Waals surface area contributed by atoms with E-state index < -0.39 is 5.97 Å². The van der Waals surface area contributed by atoms with Gasteiger partial charge in [-0.05, 0) is 25.5 Å². The van der Waals surface area contributed by atoms with E-state index >= 15 is 0 Å². The van der Waals surface area contributed by atoms with E-state index in [4.69, 9.17) is 5.11 Å². The minimum atomic E-state index is -0.922. The Kier molecular flexibility index (Phi) is 2.76. The lowest BCUT2D eigenvalue weighted by Crippen LogP contribution is -1.92. The first kappa shape index (κ1) is 11.5. The van der Waals surface area contributed by atoms with Crippen LogP contribution in [-0.4, -0.2) is 15.6 Å². The Labute approximate surface area is 100.0 Å². The van der Waals surface area contributed by atoms with Crippen LogP contribution < -0.4 is 0 Å². The van der Waals surface area contributed by atoms with E-state index in [0.717, 1.165) is 22.2 Å². The minimum Gasteiger partial charge on any atom is -0.478 e. The molecule has 3 nitrogen and oxygen atoms in total. The summed E-state index contributed by atoms with van der Waals surface area (Å²) in [5, 5.41) is 9.81. The molecule has 0 aliphatic carbocycles. The Balaban J connectivity index is 2.76.